The highest BCUT2D eigenvalue weighted by Gasteiger charge is 2.54. The van der Waals surface area contributed by atoms with Gasteiger partial charge in [-0.05, 0) is 19.3 Å². The van der Waals surface area contributed by atoms with Crippen LogP contribution < -0.4 is 0 Å². The van der Waals surface area contributed by atoms with E-state index in [1.165, 1.54) is 4.90 Å². The van der Waals surface area contributed by atoms with E-state index in [0.717, 1.165) is 12.8 Å². The van der Waals surface area contributed by atoms with Gasteiger partial charge in [0, 0.05) is 0 Å². The molecule has 2 rings (SSSR count). The van der Waals surface area contributed by atoms with Crippen molar-refractivity contribution in [2.45, 2.75) is 32.2 Å². The van der Waals surface area contributed by atoms with Crippen molar-refractivity contribution in [1.29, 1.82) is 0 Å². The van der Waals surface area contributed by atoms with Crippen LogP contribution in [-0.2, 0) is 9.59 Å². The van der Waals surface area contributed by atoms with Crippen LogP contribution in [0, 0.1) is 11.8 Å². The number of carbonyl (C=O) groups excluding carboxylic acids is 2. The Morgan fingerprint density at radius 2 is 1.86 bits per heavy atom. The van der Waals surface area contributed by atoms with Gasteiger partial charge in [0.15, 0.2) is 0 Å². The fourth-order valence-electron chi connectivity index (χ4n) is 2.31. The molecule has 0 radical (unpaired) electrons. The van der Waals surface area contributed by atoms with Crippen LogP contribution in [0.1, 0.15) is 26.2 Å². The molecule has 14 heavy (non-hydrogen) atoms. The molecule has 0 aromatic heterocycles. The summed E-state index contributed by atoms with van der Waals surface area (Å²) in [6.45, 7) is 1.76. The summed E-state index contributed by atoms with van der Waals surface area (Å²) in [5.41, 5.74) is 0. The third-order valence-electron chi connectivity index (χ3n) is 3.43. The third kappa shape index (κ3) is 1.10. The Bertz CT molecular complexity index is 251. The van der Waals surface area contributed by atoms with Crippen LogP contribution >= 0.6 is 0 Å². The minimum Gasteiger partial charge on any atom is -0.394 e. The topological polar surface area (TPSA) is 57.6 Å². The summed E-state index contributed by atoms with van der Waals surface area (Å²) < 4.78 is 0. The number of aliphatic hydroxyl groups excluding tert-OH is 1. The average molecular weight is 197 g/mol. The maximum atomic E-state index is 11.7. The van der Waals surface area contributed by atoms with Gasteiger partial charge in [0.1, 0.15) is 0 Å². The number of carbonyl (C=O) groups is 2. The number of hydrogen-bond acceptors (Lipinski definition) is 3. The molecule has 1 saturated heterocycles. The molecule has 1 aliphatic carbocycles. The third-order valence-corrected chi connectivity index (χ3v) is 3.43. The van der Waals surface area contributed by atoms with Gasteiger partial charge >= 0.3 is 0 Å². The van der Waals surface area contributed by atoms with Crippen LogP contribution in [-0.4, -0.2) is 34.5 Å². The molecule has 0 spiro atoms. The highest BCUT2D eigenvalue weighted by atomic mass is 16.3. The van der Waals surface area contributed by atoms with Gasteiger partial charge in [0.2, 0.25) is 11.8 Å². The lowest BCUT2D eigenvalue weighted by Crippen LogP contribution is -2.42. The maximum Gasteiger partial charge on any atom is 0.233 e. The predicted molar refractivity (Wildman–Crippen MR) is 49.2 cm³/mol. The number of hydrogen-bond donors (Lipinski definition) is 1. The lowest BCUT2D eigenvalue weighted by atomic mass is 9.76. The summed E-state index contributed by atoms with van der Waals surface area (Å²) in [4.78, 5) is 24.8. The second-order valence-electron chi connectivity index (χ2n) is 4.08. The van der Waals surface area contributed by atoms with Crippen molar-refractivity contribution in [3.8, 4) is 0 Å². The molecule has 2 aliphatic rings. The molecule has 78 valence electrons. The first-order valence-corrected chi connectivity index (χ1v) is 5.18. The minimum atomic E-state index is -0.305. The van der Waals surface area contributed by atoms with E-state index >= 15 is 0 Å². The molecule has 4 heteroatoms. The molecule has 0 unspecified atom stereocenters. The van der Waals surface area contributed by atoms with E-state index < -0.39 is 0 Å². The van der Waals surface area contributed by atoms with E-state index in [-0.39, 0.29) is 36.3 Å². The number of likely N-dealkylation sites (tertiary alicyclic amines) is 1. The first-order valence-electron chi connectivity index (χ1n) is 5.18. The van der Waals surface area contributed by atoms with Gasteiger partial charge in [-0.25, -0.2) is 0 Å². The average Bonchev–Trinajstić information content (AvgIpc) is 2.25. The first-order chi connectivity index (χ1) is 6.70. The van der Waals surface area contributed by atoms with Crippen LogP contribution in [0.4, 0.5) is 0 Å². The zero-order chi connectivity index (χ0) is 10.3. The predicted octanol–water partition coefficient (Wildman–Crippen LogP) is 0.152. The van der Waals surface area contributed by atoms with Crippen molar-refractivity contribution in [3.05, 3.63) is 0 Å². The van der Waals surface area contributed by atoms with E-state index in [2.05, 4.69) is 0 Å². The van der Waals surface area contributed by atoms with E-state index in [4.69, 9.17) is 5.11 Å². The summed E-state index contributed by atoms with van der Waals surface area (Å²) >= 11 is 0. The number of amides is 2. The monoisotopic (exact) mass is 197 g/mol. The molecule has 2 amide bonds. The van der Waals surface area contributed by atoms with Crippen LogP contribution in [0.3, 0.4) is 0 Å². The Morgan fingerprint density at radius 1 is 1.36 bits per heavy atom. The summed E-state index contributed by atoms with van der Waals surface area (Å²) in [5.74, 6) is -0.259. The van der Waals surface area contributed by atoms with Gasteiger partial charge in [0.25, 0.3) is 0 Å². The lowest BCUT2D eigenvalue weighted by Gasteiger charge is -2.24. The summed E-state index contributed by atoms with van der Waals surface area (Å²) in [6, 6.07) is -0.305. The summed E-state index contributed by atoms with van der Waals surface area (Å²) in [5, 5.41) is 9.07. The molecule has 1 heterocycles. The highest BCUT2D eigenvalue weighted by molar-refractivity contribution is 6.06. The molecular formula is C10H15NO3. The Labute approximate surface area is 82.9 Å². The number of fused-ring (bicyclic) bond motifs is 1. The Hall–Kier alpha value is -0.900. The number of rotatable bonds is 3. The van der Waals surface area contributed by atoms with Gasteiger partial charge in [-0.3, -0.25) is 14.5 Å². The molecule has 4 nitrogen and oxygen atoms in total. The smallest absolute Gasteiger partial charge is 0.233 e. The number of imide groups is 1. The molecule has 3 atom stereocenters. The fraction of sp³-hybridized carbons (Fsp3) is 0.800. The normalized spacial score (nSPS) is 32.9. The lowest BCUT2D eigenvalue weighted by molar-refractivity contribution is -0.143. The van der Waals surface area contributed by atoms with E-state index in [1.807, 2.05) is 6.92 Å². The molecule has 1 saturated carbocycles. The van der Waals surface area contributed by atoms with Gasteiger partial charge in [-0.15, -0.1) is 0 Å². The zero-order valence-corrected chi connectivity index (χ0v) is 8.27. The number of aliphatic hydroxyl groups is 1. The van der Waals surface area contributed by atoms with Crippen LogP contribution in [0.15, 0.2) is 0 Å². The van der Waals surface area contributed by atoms with Gasteiger partial charge < -0.3 is 5.11 Å². The summed E-state index contributed by atoms with van der Waals surface area (Å²) in [6.07, 6.45) is 2.31. The molecule has 2 fully saturated rings. The molecule has 0 bridgehead atoms. The van der Waals surface area contributed by atoms with Gasteiger partial charge in [-0.1, -0.05) is 6.92 Å². The fourth-order valence-corrected chi connectivity index (χ4v) is 2.31. The van der Waals surface area contributed by atoms with Gasteiger partial charge in [0.05, 0.1) is 24.5 Å². The molecule has 1 N–H and O–H groups in total. The van der Waals surface area contributed by atoms with Crippen molar-refractivity contribution < 1.29 is 14.7 Å². The van der Waals surface area contributed by atoms with E-state index in [1.54, 1.807) is 0 Å². The van der Waals surface area contributed by atoms with Crippen molar-refractivity contribution in [2.24, 2.45) is 11.8 Å². The molecule has 0 aromatic rings. The van der Waals surface area contributed by atoms with E-state index in [9.17, 15) is 9.59 Å². The van der Waals surface area contributed by atoms with E-state index in [0.29, 0.717) is 6.42 Å². The van der Waals surface area contributed by atoms with Crippen LogP contribution in [0.5, 0.6) is 0 Å². The van der Waals surface area contributed by atoms with Gasteiger partial charge in [-0.2, -0.15) is 0 Å². The second-order valence-corrected chi connectivity index (χ2v) is 4.08. The SMILES string of the molecule is CC[C@H](CO)N1C(=O)[C@H]2CC[C@H]2C1=O. The molecule has 1 aliphatic heterocycles. The molecular weight excluding hydrogens is 182 g/mol. The highest BCUT2D eigenvalue weighted by Crippen LogP contribution is 2.43. The Morgan fingerprint density at radius 3 is 2.14 bits per heavy atom. The zero-order valence-electron chi connectivity index (χ0n) is 8.27. The number of nitrogens with zero attached hydrogens (tertiary/aromatic N) is 1. The Balaban J connectivity index is 2.18. The van der Waals surface area contributed by atoms with Crippen LogP contribution in [0.25, 0.3) is 0 Å². The van der Waals surface area contributed by atoms with Crippen LogP contribution in [0.2, 0.25) is 0 Å². The minimum absolute atomic E-state index is 0.0628. The standard InChI is InChI=1S/C10H15NO3/c1-2-6(5-12)11-9(13)7-3-4-8(7)10(11)14/h6-8,12H,2-5H2,1H3/t6-,7-,8+/m1/s1. The summed E-state index contributed by atoms with van der Waals surface area (Å²) in [7, 11) is 0. The molecule has 0 aromatic carbocycles. The van der Waals surface area contributed by atoms with Crippen molar-refractivity contribution >= 4 is 11.8 Å². The Kier molecular flexibility index (Phi) is 2.31. The maximum absolute atomic E-state index is 11.7. The second kappa shape index (κ2) is 3.35. The quantitative estimate of drug-likeness (QED) is 0.655. The van der Waals surface area contributed by atoms with Crippen molar-refractivity contribution in [2.75, 3.05) is 6.61 Å². The largest absolute Gasteiger partial charge is 0.394 e. The van der Waals surface area contributed by atoms with Crippen molar-refractivity contribution in [1.82, 2.24) is 4.90 Å². The van der Waals surface area contributed by atoms with Crippen molar-refractivity contribution in [3.63, 3.8) is 0 Å². The first kappa shape index (κ1) is 9.65.